The SMILES string of the molecule is C[C@H]1CCC[C@@]2(C)O[C@H]2C[C@@H](C(F)=Cc2ccccn2)OC(=O)C[C@H](O)C(C)(C)C(=O)[C@H](C)C1O. The van der Waals surface area contributed by atoms with Crippen LogP contribution >= 0.6 is 0 Å². The molecule has 2 saturated heterocycles. The summed E-state index contributed by atoms with van der Waals surface area (Å²) in [6, 6.07) is 5.09. The number of carbonyl (C=O) groups is 2. The standard InChI is InChI=1S/C27H38FNO6/c1-16-9-8-11-27(5)22(35-27)14-20(19(28)13-18-10-6-7-12-29-18)34-23(31)15-21(30)26(3,4)25(33)17(2)24(16)32/h6-7,10,12-13,16-17,20-22,24,30,32H,8-9,11,14-15H2,1-5H3/t16-,17+,20-,21-,22-,24?,27+/m0/s1. The van der Waals surface area contributed by atoms with Crippen LogP contribution in [0.3, 0.4) is 0 Å². The molecular weight excluding hydrogens is 453 g/mol. The number of epoxide rings is 1. The van der Waals surface area contributed by atoms with Crippen molar-refractivity contribution in [2.24, 2.45) is 17.3 Å². The summed E-state index contributed by atoms with van der Waals surface area (Å²) in [5.74, 6) is -2.66. The van der Waals surface area contributed by atoms with E-state index in [2.05, 4.69) is 4.98 Å². The Bertz CT molecular complexity index is 935. The molecule has 0 amide bonds. The zero-order chi connectivity index (χ0) is 26.0. The molecule has 2 fully saturated rings. The average Bonchev–Trinajstić information content (AvgIpc) is 3.45. The Morgan fingerprint density at radius 2 is 1.91 bits per heavy atom. The van der Waals surface area contributed by atoms with Crippen molar-refractivity contribution in [3.63, 3.8) is 0 Å². The molecule has 7 atom stereocenters. The molecule has 2 N–H and O–H groups in total. The van der Waals surface area contributed by atoms with Gasteiger partial charge in [0.15, 0.2) is 6.10 Å². The van der Waals surface area contributed by atoms with Crippen LogP contribution in [0.5, 0.6) is 0 Å². The maximum atomic E-state index is 15.3. The van der Waals surface area contributed by atoms with Crippen LogP contribution in [0.1, 0.15) is 72.4 Å². The topological polar surface area (TPSA) is 109 Å². The highest BCUT2D eigenvalue weighted by Crippen LogP contribution is 2.45. The summed E-state index contributed by atoms with van der Waals surface area (Å²) < 4.78 is 26.6. The number of esters is 1. The monoisotopic (exact) mass is 491 g/mol. The molecule has 7 nitrogen and oxygen atoms in total. The Kier molecular flexibility index (Phi) is 8.50. The van der Waals surface area contributed by atoms with Crippen molar-refractivity contribution in [1.29, 1.82) is 0 Å². The van der Waals surface area contributed by atoms with E-state index in [9.17, 15) is 19.8 Å². The number of cyclic esters (lactones) is 1. The van der Waals surface area contributed by atoms with E-state index < -0.39 is 53.5 Å². The van der Waals surface area contributed by atoms with Crippen LogP contribution in [0, 0.1) is 17.3 Å². The third kappa shape index (κ3) is 6.54. The molecule has 0 saturated carbocycles. The van der Waals surface area contributed by atoms with Gasteiger partial charge in [-0.15, -0.1) is 0 Å². The third-order valence-electron chi connectivity index (χ3n) is 7.69. The lowest BCUT2D eigenvalue weighted by atomic mass is 9.73. The van der Waals surface area contributed by atoms with Gasteiger partial charge >= 0.3 is 5.97 Å². The summed E-state index contributed by atoms with van der Waals surface area (Å²) in [7, 11) is 0. The summed E-state index contributed by atoms with van der Waals surface area (Å²) >= 11 is 0. The highest BCUT2D eigenvalue weighted by molar-refractivity contribution is 5.88. The average molecular weight is 492 g/mol. The number of halogens is 1. The van der Waals surface area contributed by atoms with E-state index >= 15 is 4.39 Å². The van der Waals surface area contributed by atoms with Gasteiger partial charge in [0, 0.05) is 18.5 Å². The van der Waals surface area contributed by atoms with Crippen LogP contribution in [0.2, 0.25) is 0 Å². The van der Waals surface area contributed by atoms with Crippen molar-refractivity contribution in [1.82, 2.24) is 4.98 Å². The van der Waals surface area contributed by atoms with Gasteiger partial charge in [-0.05, 0) is 43.9 Å². The Morgan fingerprint density at radius 3 is 2.57 bits per heavy atom. The number of aromatic nitrogens is 1. The van der Waals surface area contributed by atoms with E-state index in [0.29, 0.717) is 18.5 Å². The van der Waals surface area contributed by atoms with Gasteiger partial charge in [0.25, 0.3) is 0 Å². The Labute approximate surface area is 206 Å². The minimum Gasteiger partial charge on any atom is -0.455 e. The van der Waals surface area contributed by atoms with Crippen molar-refractivity contribution < 1.29 is 33.7 Å². The van der Waals surface area contributed by atoms with E-state index in [1.54, 1.807) is 45.2 Å². The van der Waals surface area contributed by atoms with Gasteiger partial charge < -0.3 is 19.7 Å². The molecule has 3 rings (SSSR count). The predicted octanol–water partition coefficient (Wildman–Crippen LogP) is 4.01. The second kappa shape index (κ2) is 10.8. The normalized spacial score (nSPS) is 37.3. The number of ether oxygens (including phenoxy) is 2. The molecule has 0 aromatic carbocycles. The fourth-order valence-electron chi connectivity index (χ4n) is 4.88. The van der Waals surface area contributed by atoms with Crippen molar-refractivity contribution in [3.8, 4) is 0 Å². The van der Waals surface area contributed by atoms with Crippen molar-refractivity contribution in [3.05, 3.63) is 35.9 Å². The first-order valence-electron chi connectivity index (χ1n) is 12.4. The first kappa shape index (κ1) is 27.4. The van der Waals surface area contributed by atoms with Crippen LogP contribution in [0.4, 0.5) is 4.39 Å². The number of ketones is 1. The number of hydrogen-bond donors (Lipinski definition) is 2. The molecule has 0 bridgehead atoms. The number of fused-ring (bicyclic) bond motifs is 1. The smallest absolute Gasteiger partial charge is 0.309 e. The molecule has 1 unspecified atom stereocenters. The van der Waals surface area contributed by atoms with E-state index in [1.807, 2.05) is 13.8 Å². The van der Waals surface area contributed by atoms with Crippen LogP contribution in [-0.2, 0) is 19.1 Å². The van der Waals surface area contributed by atoms with E-state index in [4.69, 9.17) is 9.47 Å². The molecule has 1 aromatic heterocycles. The molecule has 0 radical (unpaired) electrons. The minimum atomic E-state index is -1.36. The number of Topliss-reactive ketones (excluding diaryl/α,β-unsaturated/α-hetero) is 1. The number of rotatable bonds is 2. The number of nitrogens with zero attached hydrogens (tertiary/aromatic N) is 1. The summed E-state index contributed by atoms with van der Waals surface area (Å²) in [4.78, 5) is 30.0. The van der Waals surface area contributed by atoms with Gasteiger partial charge in [-0.25, -0.2) is 4.39 Å². The third-order valence-corrected chi connectivity index (χ3v) is 7.69. The number of pyridine rings is 1. The van der Waals surface area contributed by atoms with Gasteiger partial charge in [-0.2, -0.15) is 0 Å². The van der Waals surface area contributed by atoms with Gasteiger partial charge in [0.05, 0.1) is 41.4 Å². The summed E-state index contributed by atoms with van der Waals surface area (Å²) in [6.07, 6.45) is 0.859. The van der Waals surface area contributed by atoms with Crippen molar-refractivity contribution in [2.75, 3.05) is 0 Å². The quantitative estimate of drug-likeness (QED) is 0.475. The van der Waals surface area contributed by atoms with E-state index in [-0.39, 0.29) is 24.2 Å². The Hall–Kier alpha value is -2.16. The van der Waals surface area contributed by atoms with Crippen LogP contribution < -0.4 is 0 Å². The van der Waals surface area contributed by atoms with Gasteiger partial charge in [-0.3, -0.25) is 14.6 Å². The zero-order valence-corrected chi connectivity index (χ0v) is 21.2. The van der Waals surface area contributed by atoms with Crippen molar-refractivity contribution >= 4 is 17.8 Å². The van der Waals surface area contributed by atoms with E-state index in [1.165, 1.54) is 6.08 Å². The molecule has 1 aromatic rings. The van der Waals surface area contributed by atoms with E-state index in [0.717, 1.165) is 6.42 Å². The minimum absolute atomic E-state index is 0.130. The zero-order valence-electron chi connectivity index (χ0n) is 21.2. The molecule has 3 heterocycles. The fourth-order valence-corrected chi connectivity index (χ4v) is 4.88. The van der Waals surface area contributed by atoms with Crippen LogP contribution in [0.25, 0.3) is 6.08 Å². The molecule has 0 aliphatic carbocycles. The lowest BCUT2D eigenvalue weighted by Gasteiger charge is -2.34. The van der Waals surface area contributed by atoms with Gasteiger partial charge in [0.1, 0.15) is 11.6 Å². The van der Waals surface area contributed by atoms with Crippen LogP contribution in [-0.4, -0.2) is 57.0 Å². The molecule has 35 heavy (non-hydrogen) atoms. The summed E-state index contributed by atoms with van der Waals surface area (Å²) in [5, 5.41) is 21.5. The lowest BCUT2D eigenvalue weighted by molar-refractivity contribution is -0.155. The maximum Gasteiger partial charge on any atom is 0.309 e. The molecule has 0 spiro atoms. The second-order valence-electron chi connectivity index (χ2n) is 10.9. The molecule has 8 heteroatoms. The Balaban J connectivity index is 1.86. The second-order valence-corrected chi connectivity index (χ2v) is 10.9. The molecular formula is C27H38FNO6. The largest absolute Gasteiger partial charge is 0.455 e. The highest BCUT2D eigenvalue weighted by Gasteiger charge is 2.53. The summed E-state index contributed by atoms with van der Waals surface area (Å²) in [6.45, 7) is 8.59. The highest BCUT2D eigenvalue weighted by atomic mass is 19.1. The van der Waals surface area contributed by atoms with Gasteiger partial charge in [-0.1, -0.05) is 40.2 Å². The molecule has 2 aliphatic heterocycles. The van der Waals surface area contributed by atoms with Gasteiger partial charge in [0.2, 0.25) is 0 Å². The first-order chi connectivity index (χ1) is 16.3. The number of aliphatic hydroxyl groups excluding tert-OH is 2. The lowest BCUT2D eigenvalue weighted by Crippen LogP contribution is -2.45. The number of hydrogen-bond acceptors (Lipinski definition) is 7. The predicted molar refractivity (Wildman–Crippen MR) is 129 cm³/mol. The Morgan fingerprint density at radius 1 is 1.20 bits per heavy atom. The first-order valence-corrected chi connectivity index (χ1v) is 12.4. The maximum absolute atomic E-state index is 15.3. The molecule has 2 aliphatic rings. The molecule has 194 valence electrons. The summed E-state index contributed by atoms with van der Waals surface area (Å²) in [5.41, 5.74) is -1.38. The number of aliphatic hydroxyl groups is 2. The fraction of sp³-hybridized carbons (Fsp3) is 0.667. The van der Waals surface area contributed by atoms with Crippen molar-refractivity contribution in [2.45, 2.75) is 96.7 Å². The number of carbonyl (C=O) groups excluding carboxylic acids is 2. The van der Waals surface area contributed by atoms with Crippen LogP contribution in [0.15, 0.2) is 30.2 Å².